The molecule has 0 aromatic rings. The van der Waals surface area contributed by atoms with Gasteiger partial charge in [-0.3, -0.25) is 5.73 Å². The lowest BCUT2D eigenvalue weighted by molar-refractivity contribution is -0.0196. The van der Waals surface area contributed by atoms with Crippen LogP contribution in [0.3, 0.4) is 0 Å². The van der Waals surface area contributed by atoms with E-state index in [2.05, 4.69) is 4.74 Å². The summed E-state index contributed by atoms with van der Waals surface area (Å²) in [7, 11) is 0. The van der Waals surface area contributed by atoms with Crippen molar-refractivity contribution < 1.29 is 14.3 Å². The van der Waals surface area contributed by atoms with Crippen LogP contribution >= 0.6 is 0 Å². The number of hydrogen-bond acceptors (Lipinski definition) is 4. The van der Waals surface area contributed by atoms with Crippen molar-refractivity contribution in [3.8, 4) is 0 Å². The molecule has 0 spiro atoms. The van der Waals surface area contributed by atoms with E-state index >= 15 is 0 Å². The summed E-state index contributed by atoms with van der Waals surface area (Å²) in [5.41, 5.74) is 4.54. The lowest BCUT2D eigenvalue weighted by Crippen LogP contribution is -2.29. The first-order chi connectivity index (χ1) is 5.52. The average Bonchev–Trinajstić information content (AvgIpc) is 1.85. The predicted molar refractivity (Wildman–Crippen MR) is 45.6 cm³/mol. The number of ether oxygens (including phenoxy) is 2. The van der Waals surface area contributed by atoms with Gasteiger partial charge < -0.3 is 9.47 Å². The Labute approximate surface area is 73.0 Å². The van der Waals surface area contributed by atoms with Crippen molar-refractivity contribution >= 4 is 6.16 Å². The van der Waals surface area contributed by atoms with E-state index in [0.717, 1.165) is 12.8 Å². The first-order valence-corrected chi connectivity index (χ1v) is 4.07. The molecule has 0 aromatic carbocycles. The Hall–Kier alpha value is -0.770. The van der Waals surface area contributed by atoms with Gasteiger partial charge in [-0.1, -0.05) is 13.3 Å². The van der Waals surface area contributed by atoms with Gasteiger partial charge in [0.1, 0.15) is 12.3 Å². The molecule has 0 atom stereocenters. The summed E-state index contributed by atoms with van der Waals surface area (Å²) >= 11 is 0. The molecule has 2 N–H and O–H groups in total. The molecule has 0 aliphatic heterocycles. The maximum Gasteiger partial charge on any atom is 0.510 e. The van der Waals surface area contributed by atoms with Gasteiger partial charge >= 0.3 is 6.16 Å². The lowest BCUT2D eigenvalue weighted by Gasteiger charge is -2.23. The molecular formula is C8H17NO3. The molecule has 0 saturated carbocycles. The van der Waals surface area contributed by atoms with Crippen molar-refractivity contribution in [1.29, 1.82) is 0 Å². The van der Waals surface area contributed by atoms with Crippen LogP contribution in [0.5, 0.6) is 0 Å². The van der Waals surface area contributed by atoms with Crippen molar-refractivity contribution in [2.45, 2.75) is 39.2 Å². The molecule has 0 heterocycles. The zero-order chi connectivity index (χ0) is 9.61. The van der Waals surface area contributed by atoms with Crippen molar-refractivity contribution in [1.82, 2.24) is 0 Å². The number of carbonyl (C=O) groups is 1. The van der Waals surface area contributed by atoms with Gasteiger partial charge in [-0.2, -0.15) is 0 Å². The molecule has 0 unspecified atom stereocenters. The van der Waals surface area contributed by atoms with E-state index in [4.69, 9.17) is 10.5 Å². The molecule has 0 aliphatic carbocycles. The Kier molecular flexibility index (Phi) is 4.66. The van der Waals surface area contributed by atoms with Crippen molar-refractivity contribution in [3.05, 3.63) is 0 Å². The zero-order valence-corrected chi connectivity index (χ0v) is 7.92. The molecule has 72 valence electrons. The summed E-state index contributed by atoms with van der Waals surface area (Å²) in [6, 6.07) is 0. The second-order valence-electron chi connectivity index (χ2n) is 3.17. The number of carbonyl (C=O) groups excluding carboxylic acids is 1. The summed E-state index contributed by atoms with van der Waals surface area (Å²) in [6.07, 6.45) is 1.08. The van der Waals surface area contributed by atoms with Gasteiger partial charge in [0.25, 0.3) is 0 Å². The van der Waals surface area contributed by atoms with Gasteiger partial charge in [-0.25, -0.2) is 4.79 Å². The van der Waals surface area contributed by atoms with Crippen LogP contribution in [-0.2, 0) is 9.47 Å². The Morgan fingerprint density at radius 1 is 1.50 bits per heavy atom. The minimum absolute atomic E-state index is 0.138. The van der Waals surface area contributed by atoms with Crippen LogP contribution in [0.15, 0.2) is 0 Å². The first-order valence-electron chi connectivity index (χ1n) is 4.07. The second-order valence-corrected chi connectivity index (χ2v) is 3.17. The summed E-state index contributed by atoms with van der Waals surface area (Å²) in [5.74, 6) is 0. The first kappa shape index (κ1) is 11.2. The van der Waals surface area contributed by atoms with E-state index in [1.165, 1.54) is 0 Å². The third-order valence-electron chi connectivity index (χ3n) is 1.41. The quantitative estimate of drug-likeness (QED) is 0.521. The summed E-state index contributed by atoms with van der Waals surface area (Å²) in [5, 5.41) is 0. The third kappa shape index (κ3) is 4.96. The fourth-order valence-corrected chi connectivity index (χ4v) is 0.976. The normalized spacial score (nSPS) is 11.0. The zero-order valence-electron chi connectivity index (χ0n) is 7.92. The van der Waals surface area contributed by atoms with Crippen LogP contribution in [0.1, 0.15) is 33.6 Å². The molecular weight excluding hydrogens is 158 g/mol. The van der Waals surface area contributed by atoms with E-state index in [1.54, 1.807) is 0 Å². The summed E-state index contributed by atoms with van der Waals surface area (Å²) < 4.78 is 9.42. The van der Waals surface area contributed by atoms with Crippen LogP contribution < -0.4 is 5.73 Å². The average molecular weight is 175 g/mol. The highest BCUT2D eigenvalue weighted by Crippen LogP contribution is 2.16. The molecule has 0 rings (SSSR count). The smallest absolute Gasteiger partial charge is 0.428 e. The molecule has 0 aromatic heterocycles. The highest BCUT2D eigenvalue weighted by atomic mass is 16.7. The molecule has 0 bridgehead atoms. The number of nitrogens with two attached hydrogens (primary N) is 1. The van der Waals surface area contributed by atoms with E-state index < -0.39 is 11.8 Å². The van der Waals surface area contributed by atoms with Crippen molar-refractivity contribution in [3.63, 3.8) is 0 Å². The molecule has 0 fully saturated rings. The molecule has 0 amide bonds. The lowest BCUT2D eigenvalue weighted by atomic mass is 10.0. The minimum Gasteiger partial charge on any atom is -0.428 e. The fraction of sp³-hybridized carbons (Fsp3) is 0.875. The van der Waals surface area contributed by atoms with Gasteiger partial charge in [0.2, 0.25) is 0 Å². The largest absolute Gasteiger partial charge is 0.510 e. The number of hydrogen-bond donors (Lipinski definition) is 1. The predicted octanol–water partition coefficient (Wildman–Crippen LogP) is 1.63. The standard InChI is InChI=1S/C8H17NO3/c1-4-5-8(2,3)12-7(10)11-6-9/h4-6,9H2,1-3H3. The Balaban J connectivity index is 3.79. The SMILES string of the molecule is CCCC(C)(C)OC(=O)OCN. The van der Waals surface area contributed by atoms with Crippen LogP contribution in [0, 0.1) is 0 Å². The van der Waals surface area contributed by atoms with Crippen LogP contribution in [0.25, 0.3) is 0 Å². The van der Waals surface area contributed by atoms with Crippen molar-refractivity contribution in [2.75, 3.05) is 6.73 Å². The molecule has 0 radical (unpaired) electrons. The van der Waals surface area contributed by atoms with E-state index in [-0.39, 0.29) is 6.73 Å². The van der Waals surface area contributed by atoms with E-state index in [9.17, 15) is 4.79 Å². The molecule has 0 aliphatic rings. The molecule has 4 heteroatoms. The Morgan fingerprint density at radius 2 is 2.08 bits per heavy atom. The minimum atomic E-state index is -0.698. The summed E-state index contributed by atoms with van der Waals surface area (Å²) in [4.78, 5) is 10.8. The van der Waals surface area contributed by atoms with Gasteiger partial charge in [-0.05, 0) is 20.3 Å². The van der Waals surface area contributed by atoms with E-state index in [0.29, 0.717) is 0 Å². The van der Waals surface area contributed by atoms with Gasteiger partial charge in [0.05, 0.1) is 0 Å². The Morgan fingerprint density at radius 3 is 2.50 bits per heavy atom. The monoisotopic (exact) mass is 175 g/mol. The molecule has 0 saturated heterocycles. The van der Waals surface area contributed by atoms with Gasteiger partial charge in [0, 0.05) is 0 Å². The van der Waals surface area contributed by atoms with Gasteiger partial charge in [0.15, 0.2) is 0 Å². The van der Waals surface area contributed by atoms with Gasteiger partial charge in [-0.15, -0.1) is 0 Å². The van der Waals surface area contributed by atoms with E-state index in [1.807, 2.05) is 20.8 Å². The van der Waals surface area contributed by atoms with Crippen LogP contribution in [0.4, 0.5) is 4.79 Å². The third-order valence-corrected chi connectivity index (χ3v) is 1.41. The second kappa shape index (κ2) is 4.98. The highest BCUT2D eigenvalue weighted by molar-refractivity contribution is 5.60. The molecule has 4 nitrogen and oxygen atoms in total. The Bertz CT molecular complexity index is 145. The summed E-state index contributed by atoms with van der Waals surface area (Å²) in [6.45, 7) is 5.57. The molecule has 12 heavy (non-hydrogen) atoms. The maximum absolute atomic E-state index is 10.8. The highest BCUT2D eigenvalue weighted by Gasteiger charge is 2.22. The topological polar surface area (TPSA) is 61.5 Å². The number of rotatable bonds is 4. The van der Waals surface area contributed by atoms with Crippen molar-refractivity contribution in [2.24, 2.45) is 5.73 Å². The fourth-order valence-electron chi connectivity index (χ4n) is 0.976. The van der Waals surface area contributed by atoms with Crippen LogP contribution in [-0.4, -0.2) is 18.5 Å². The van der Waals surface area contributed by atoms with Crippen LogP contribution in [0.2, 0.25) is 0 Å². The maximum atomic E-state index is 10.8.